The van der Waals surface area contributed by atoms with Gasteiger partial charge in [0.1, 0.15) is 0 Å². The van der Waals surface area contributed by atoms with Crippen molar-refractivity contribution in [2.45, 2.75) is 38.8 Å². The number of hydrogen-bond donors (Lipinski definition) is 1. The van der Waals surface area contributed by atoms with E-state index in [1.54, 1.807) is 0 Å². The molecule has 1 aliphatic rings. The molecule has 1 fully saturated rings. The van der Waals surface area contributed by atoms with Crippen LogP contribution in [0, 0.1) is 5.92 Å². The fourth-order valence-electron chi connectivity index (χ4n) is 3.76. The highest BCUT2D eigenvalue weighted by atomic mass is 15.2. The molecule has 3 rings (SSSR count). The molecule has 0 aliphatic heterocycles. The molecule has 3 heteroatoms. The fraction of sp³-hybridized carbons (Fsp3) is 0.500. The molecule has 21 heavy (non-hydrogen) atoms. The Morgan fingerprint density at radius 3 is 2.90 bits per heavy atom. The predicted octanol–water partition coefficient (Wildman–Crippen LogP) is 3.18. The Balaban J connectivity index is 1.86. The van der Waals surface area contributed by atoms with E-state index in [9.17, 15) is 0 Å². The Morgan fingerprint density at radius 2 is 2.10 bits per heavy atom. The fourth-order valence-corrected chi connectivity index (χ4v) is 3.76. The van der Waals surface area contributed by atoms with Crippen LogP contribution in [0.25, 0.3) is 10.8 Å². The summed E-state index contributed by atoms with van der Waals surface area (Å²) in [6.45, 7) is 5.12. The Kier molecular flexibility index (Phi) is 4.51. The summed E-state index contributed by atoms with van der Waals surface area (Å²) in [5.41, 5.74) is 7.29. The Morgan fingerprint density at radius 1 is 1.24 bits per heavy atom. The molecule has 1 heterocycles. The number of hydrogen-bond acceptors (Lipinski definition) is 3. The molecule has 2 aromatic rings. The van der Waals surface area contributed by atoms with Crippen molar-refractivity contribution in [3.05, 3.63) is 42.2 Å². The van der Waals surface area contributed by atoms with Crippen molar-refractivity contribution >= 4 is 10.8 Å². The lowest BCUT2D eigenvalue weighted by atomic mass is 10.0. The molecular weight excluding hydrogens is 258 g/mol. The minimum atomic E-state index is 0.638. The lowest BCUT2D eigenvalue weighted by Crippen LogP contribution is -2.39. The molecule has 0 spiro atoms. The minimum Gasteiger partial charge on any atom is -0.330 e. The van der Waals surface area contributed by atoms with Gasteiger partial charge in [0.25, 0.3) is 0 Å². The lowest BCUT2D eigenvalue weighted by Gasteiger charge is -2.32. The second-order valence-electron chi connectivity index (χ2n) is 6.08. The quantitative estimate of drug-likeness (QED) is 0.916. The normalized spacial score (nSPS) is 22.2. The van der Waals surface area contributed by atoms with Crippen LogP contribution in [0.15, 0.2) is 36.7 Å². The summed E-state index contributed by atoms with van der Waals surface area (Å²) >= 11 is 0. The zero-order chi connectivity index (χ0) is 14.7. The Hall–Kier alpha value is -1.45. The van der Waals surface area contributed by atoms with E-state index in [4.69, 9.17) is 5.73 Å². The third-order valence-corrected chi connectivity index (χ3v) is 4.92. The molecule has 0 saturated heterocycles. The summed E-state index contributed by atoms with van der Waals surface area (Å²) in [5, 5.41) is 2.56. The van der Waals surface area contributed by atoms with Gasteiger partial charge in [0.05, 0.1) is 0 Å². The maximum Gasteiger partial charge on any atom is 0.0346 e. The summed E-state index contributed by atoms with van der Waals surface area (Å²) in [4.78, 5) is 7.01. The summed E-state index contributed by atoms with van der Waals surface area (Å²) in [6, 6.07) is 9.17. The molecule has 0 amide bonds. The highest BCUT2D eigenvalue weighted by molar-refractivity contribution is 5.84. The first-order valence-electron chi connectivity index (χ1n) is 8.09. The summed E-state index contributed by atoms with van der Waals surface area (Å²) in [7, 11) is 0. The van der Waals surface area contributed by atoms with Crippen molar-refractivity contribution in [1.82, 2.24) is 9.88 Å². The number of pyridine rings is 1. The summed E-state index contributed by atoms with van der Waals surface area (Å²) < 4.78 is 0. The van der Waals surface area contributed by atoms with E-state index in [1.165, 1.54) is 35.6 Å². The van der Waals surface area contributed by atoms with E-state index >= 15 is 0 Å². The van der Waals surface area contributed by atoms with Crippen molar-refractivity contribution in [2.75, 3.05) is 13.1 Å². The summed E-state index contributed by atoms with van der Waals surface area (Å²) in [6.07, 6.45) is 7.86. The van der Waals surface area contributed by atoms with Gasteiger partial charge in [-0.3, -0.25) is 9.88 Å². The smallest absolute Gasteiger partial charge is 0.0346 e. The number of fused-ring (bicyclic) bond motifs is 1. The second-order valence-corrected chi connectivity index (χ2v) is 6.08. The molecule has 3 nitrogen and oxygen atoms in total. The molecule has 2 N–H and O–H groups in total. The molecule has 0 radical (unpaired) electrons. The number of aromatic nitrogens is 1. The van der Waals surface area contributed by atoms with Crippen LogP contribution in [0.4, 0.5) is 0 Å². The van der Waals surface area contributed by atoms with Gasteiger partial charge in [-0.1, -0.05) is 37.6 Å². The number of nitrogens with zero attached hydrogens (tertiary/aromatic N) is 2. The largest absolute Gasteiger partial charge is 0.330 e. The average molecular weight is 283 g/mol. The van der Waals surface area contributed by atoms with Crippen molar-refractivity contribution in [3.8, 4) is 0 Å². The monoisotopic (exact) mass is 283 g/mol. The number of rotatable bonds is 5. The van der Waals surface area contributed by atoms with Gasteiger partial charge in [-0.2, -0.15) is 0 Å². The van der Waals surface area contributed by atoms with Gasteiger partial charge < -0.3 is 5.73 Å². The first kappa shape index (κ1) is 14.5. The van der Waals surface area contributed by atoms with Gasteiger partial charge in [-0.05, 0) is 42.8 Å². The van der Waals surface area contributed by atoms with Crippen LogP contribution < -0.4 is 5.73 Å². The third kappa shape index (κ3) is 2.94. The maximum absolute atomic E-state index is 5.96. The lowest BCUT2D eigenvalue weighted by molar-refractivity contribution is 0.162. The summed E-state index contributed by atoms with van der Waals surface area (Å²) in [5.74, 6) is 0.660. The van der Waals surface area contributed by atoms with Crippen LogP contribution >= 0.6 is 0 Å². The number of nitrogens with two attached hydrogens (primary N) is 1. The topological polar surface area (TPSA) is 42.2 Å². The van der Waals surface area contributed by atoms with Gasteiger partial charge in [0.15, 0.2) is 0 Å². The van der Waals surface area contributed by atoms with Gasteiger partial charge in [-0.25, -0.2) is 0 Å². The van der Waals surface area contributed by atoms with E-state index < -0.39 is 0 Å². The van der Waals surface area contributed by atoms with Crippen LogP contribution in [0.1, 0.15) is 31.7 Å². The van der Waals surface area contributed by atoms with Crippen LogP contribution in [-0.4, -0.2) is 29.0 Å². The van der Waals surface area contributed by atoms with E-state index in [1.807, 2.05) is 12.4 Å². The van der Waals surface area contributed by atoms with Crippen molar-refractivity contribution in [3.63, 3.8) is 0 Å². The maximum atomic E-state index is 5.96. The van der Waals surface area contributed by atoms with Crippen LogP contribution in [0.5, 0.6) is 0 Å². The van der Waals surface area contributed by atoms with Crippen LogP contribution in [-0.2, 0) is 6.54 Å². The van der Waals surface area contributed by atoms with E-state index in [-0.39, 0.29) is 0 Å². The SMILES string of the molecule is CCN(Cc1cncc2ccccc12)C1CCCC1CN. The molecular formula is C18H25N3. The molecule has 2 unspecified atom stereocenters. The standard InChI is InChI=1S/C18H25N3/c1-2-21(18-9-5-7-14(18)10-19)13-16-12-20-11-15-6-3-4-8-17(15)16/h3-4,6,8,11-12,14,18H,2,5,7,9-10,13,19H2,1H3. The first-order valence-corrected chi connectivity index (χ1v) is 8.09. The molecule has 1 aromatic heterocycles. The van der Waals surface area contributed by atoms with E-state index in [2.05, 4.69) is 41.1 Å². The predicted molar refractivity (Wildman–Crippen MR) is 88.0 cm³/mol. The highest BCUT2D eigenvalue weighted by Gasteiger charge is 2.30. The van der Waals surface area contributed by atoms with Gasteiger partial charge >= 0.3 is 0 Å². The van der Waals surface area contributed by atoms with Crippen molar-refractivity contribution < 1.29 is 0 Å². The van der Waals surface area contributed by atoms with Crippen LogP contribution in [0.3, 0.4) is 0 Å². The first-order chi connectivity index (χ1) is 10.3. The Labute approximate surface area is 127 Å². The molecule has 0 bridgehead atoms. The Bertz CT molecular complexity index is 591. The minimum absolute atomic E-state index is 0.638. The second kappa shape index (κ2) is 6.54. The van der Waals surface area contributed by atoms with Gasteiger partial charge in [-0.15, -0.1) is 0 Å². The average Bonchev–Trinajstić information content (AvgIpc) is 3.01. The number of benzene rings is 1. The van der Waals surface area contributed by atoms with Gasteiger partial charge in [0, 0.05) is 30.4 Å². The molecule has 2 atom stereocenters. The van der Waals surface area contributed by atoms with E-state index in [0.29, 0.717) is 12.0 Å². The molecule has 1 aliphatic carbocycles. The van der Waals surface area contributed by atoms with Gasteiger partial charge in [0.2, 0.25) is 0 Å². The zero-order valence-electron chi connectivity index (χ0n) is 12.8. The molecule has 1 saturated carbocycles. The van der Waals surface area contributed by atoms with E-state index in [0.717, 1.165) is 19.6 Å². The zero-order valence-corrected chi connectivity index (χ0v) is 12.8. The molecule has 1 aromatic carbocycles. The highest BCUT2D eigenvalue weighted by Crippen LogP contribution is 2.31. The molecule has 112 valence electrons. The van der Waals surface area contributed by atoms with Crippen molar-refractivity contribution in [2.24, 2.45) is 11.7 Å². The van der Waals surface area contributed by atoms with Crippen LogP contribution in [0.2, 0.25) is 0 Å². The third-order valence-electron chi connectivity index (χ3n) is 4.92. The van der Waals surface area contributed by atoms with Crippen molar-refractivity contribution in [1.29, 1.82) is 0 Å².